The average Bonchev–Trinajstić information content (AvgIpc) is 3.33. The molecule has 0 bridgehead atoms. The first-order valence-electron chi connectivity index (χ1n) is 13.0. The molecule has 0 fully saturated rings. The van der Waals surface area contributed by atoms with Crippen LogP contribution in [-0.2, 0) is 19.4 Å². The normalized spacial score (nSPS) is 12.8. The SMILES string of the molecule is CNC(=O)c1c(NC(=O)c2cc3c(=O)n4cccc(C)c4nc3n(Cc3ccncc3)c2=N)sc2c1CCCC2. The van der Waals surface area contributed by atoms with Crippen LogP contribution < -0.4 is 21.7 Å². The molecule has 0 radical (unpaired) electrons. The molecule has 2 amide bonds. The third kappa shape index (κ3) is 4.28. The van der Waals surface area contributed by atoms with Gasteiger partial charge in [0.05, 0.1) is 23.1 Å². The van der Waals surface area contributed by atoms with Crippen molar-refractivity contribution in [3.8, 4) is 0 Å². The summed E-state index contributed by atoms with van der Waals surface area (Å²) in [6.07, 6.45) is 8.62. The van der Waals surface area contributed by atoms with Crippen molar-refractivity contribution in [3.05, 3.63) is 97.5 Å². The number of carbonyl (C=O) groups is 2. The predicted molar refractivity (Wildman–Crippen MR) is 153 cm³/mol. The molecule has 3 N–H and O–H groups in total. The number of anilines is 1. The molecule has 11 heteroatoms. The summed E-state index contributed by atoms with van der Waals surface area (Å²) in [6.45, 7) is 2.08. The number of aryl methyl sites for hydroxylation is 2. The van der Waals surface area contributed by atoms with Crippen LogP contribution in [0.4, 0.5) is 5.00 Å². The lowest BCUT2D eigenvalue weighted by atomic mass is 9.95. The van der Waals surface area contributed by atoms with Crippen molar-refractivity contribution < 1.29 is 9.59 Å². The Labute approximate surface area is 232 Å². The van der Waals surface area contributed by atoms with Gasteiger partial charge in [-0.3, -0.25) is 29.2 Å². The molecule has 5 aromatic heterocycles. The average molecular weight is 554 g/mol. The Balaban J connectivity index is 1.54. The van der Waals surface area contributed by atoms with E-state index >= 15 is 0 Å². The number of nitrogens with one attached hydrogen (secondary N) is 3. The number of aromatic nitrogens is 4. The van der Waals surface area contributed by atoms with Crippen LogP contribution in [-0.4, -0.2) is 37.8 Å². The van der Waals surface area contributed by atoms with Crippen molar-refractivity contribution in [2.45, 2.75) is 39.2 Å². The van der Waals surface area contributed by atoms with E-state index in [0.29, 0.717) is 21.9 Å². The minimum Gasteiger partial charge on any atom is -0.355 e. The summed E-state index contributed by atoms with van der Waals surface area (Å²) >= 11 is 1.41. The molecule has 1 aliphatic rings. The lowest BCUT2D eigenvalue weighted by molar-refractivity contribution is 0.0963. The zero-order valence-corrected chi connectivity index (χ0v) is 22.9. The van der Waals surface area contributed by atoms with Crippen molar-refractivity contribution in [1.82, 2.24) is 24.3 Å². The maximum Gasteiger partial charge on any atom is 0.267 e. The van der Waals surface area contributed by atoms with E-state index in [4.69, 9.17) is 10.4 Å². The first kappa shape index (κ1) is 25.6. The van der Waals surface area contributed by atoms with Crippen LogP contribution in [0.15, 0.2) is 53.7 Å². The number of pyridine rings is 3. The number of nitrogens with zero attached hydrogens (tertiary/aromatic N) is 4. The summed E-state index contributed by atoms with van der Waals surface area (Å²) in [6, 6.07) is 8.71. The summed E-state index contributed by atoms with van der Waals surface area (Å²) in [5, 5.41) is 15.3. The fourth-order valence-corrected chi connectivity index (χ4v) is 6.57. The molecular formula is C29H27N7O3S. The van der Waals surface area contributed by atoms with Gasteiger partial charge in [-0.1, -0.05) is 6.07 Å². The summed E-state index contributed by atoms with van der Waals surface area (Å²) in [5.41, 5.74) is 3.51. The molecule has 0 saturated heterocycles. The van der Waals surface area contributed by atoms with Gasteiger partial charge in [-0.2, -0.15) is 0 Å². The fraction of sp³-hybridized carbons (Fsp3) is 0.241. The Hall–Kier alpha value is -4.64. The molecule has 5 heterocycles. The van der Waals surface area contributed by atoms with E-state index in [1.54, 1.807) is 36.3 Å². The van der Waals surface area contributed by atoms with Crippen molar-refractivity contribution in [2.75, 3.05) is 12.4 Å². The quantitative estimate of drug-likeness (QED) is 0.287. The number of fused-ring (bicyclic) bond motifs is 3. The maximum atomic E-state index is 13.8. The minimum atomic E-state index is -0.562. The fourth-order valence-electron chi connectivity index (χ4n) is 5.28. The second kappa shape index (κ2) is 10.2. The molecule has 5 aromatic rings. The first-order chi connectivity index (χ1) is 19.4. The second-order valence-electron chi connectivity index (χ2n) is 9.84. The highest BCUT2D eigenvalue weighted by Gasteiger charge is 2.27. The Morgan fingerprint density at radius 3 is 2.65 bits per heavy atom. The minimum absolute atomic E-state index is 0.0160. The van der Waals surface area contributed by atoms with Gasteiger partial charge in [0.1, 0.15) is 21.8 Å². The number of hydrogen-bond donors (Lipinski definition) is 3. The van der Waals surface area contributed by atoms with Gasteiger partial charge in [-0.25, -0.2) is 4.98 Å². The Bertz CT molecular complexity index is 1940. The predicted octanol–water partition coefficient (Wildman–Crippen LogP) is 3.43. The van der Waals surface area contributed by atoms with Gasteiger partial charge in [-0.15, -0.1) is 11.3 Å². The van der Waals surface area contributed by atoms with Crippen LogP contribution in [0.2, 0.25) is 0 Å². The summed E-state index contributed by atoms with van der Waals surface area (Å²) in [7, 11) is 1.57. The molecule has 0 unspecified atom stereocenters. The number of carbonyl (C=O) groups excluding carboxylic acids is 2. The van der Waals surface area contributed by atoms with E-state index in [0.717, 1.165) is 47.3 Å². The highest BCUT2D eigenvalue weighted by Crippen LogP contribution is 2.38. The van der Waals surface area contributed by atoms with Crippen LogP contribution in [0.3, 0.4) is 0 Å². The summed E-state index contributed by atoms with van der Waals surface area (Å²) < 4.78 is 3.03. The van der Waals surface area contributed by atoms with Crippen LogP contribution >= 0.6 is 11.3 Å². The van der Waals surface area contributed by atoms with E-state index in [2.05, 4.69) is 15.6 Å². The van der Waals surface area contributed by atoms with Gasteiger partial charge in [0.2, 0.25) is 0 Å². The molecule has 0 saturated carbocycles. The van der Waals surface area contributed by atoms with E-state index in [-0.39, 0.29) is 34.4 Å². The molecule has 1 aliphatic carbocycles. The number of hydrogen-bond acceptors (Lipinski definition) is 7. The Morgan fingerprint density at radius 2 is 1.88 bits per heavy atom. The van der Waals surface area contributed by atoms with Crippen molar-refractivity contribution in [3.63, 3.8) is 0 Å². The van der Waals surface area contributed by atoms with Gasteiger partial charge in [-0.05, 0) is 73.6 Å². The van der Waals surface area contributed by atoms with Crippen LogP contribution in [0.25, 0.3) is 16.7 Å². The Morgan fingerprint density at radius 1 is 1.10 bits per heavy atom. The zero-order chi connectivity index (χ0) is 28.0. The molecule has 0 atom stereocenters. The number of thiophene rings is 1. The zero-order valence-electron chi connectivity index (χ0n) is 22.1. The maximum absolute atomic E-state index is 13.8. The van der Waals surface area contributed by atoms with E-state index in [1.807, 2.05) is 25.1 Å². The van der Waals surface area contributed by atoms with Gasteiger partial charge in [0, 0.05) is 30.5 Å². The van der Waals surface area contributed by atoms with Crippen LogP contribution in [0.5, 0.6) is 0 Å². The standard InChI is InChI=1S/C29H27N7O3S/c1-16-6-5-13-35-24(16)33-25-20(29(35)39)14-19(23(30)36(25)15-17-9-11-32-12-10-17)26(37)34-28-22(27(38)31-2)18-7-3-4-8-21(18)40-28/h5-6,9-14,30H,3-4,7-8,15H2,1-2H3,(H,31,38)(H,34,37). The van der Waals surface area contributed by atoms with E-state index in [1.165, 1.54) is 21.8 Å². The highest BCUT2D eigenvalue weighted by atomic mass is 32.1. The van der Waals surface area contributed by atoms with Gasteiger partial charge >= 0.3 is 0 Å². The molecular weight excluding hydrogens is 526 g/mol. The molecule has 0 aliphatic heterocycles. The molecule has 202 valence electrons. The highest BCUT2D eigenvalue weighted by molar-refractivity contribution is 7.17. The molecule has 6 rings (SSSR count). The molecule has 10 nitrogen and oxygen atoms in total. The van der Waals surface area contributed by atoms with Gasteiger partial charge in [0.15, 0.2) is 0 Å². The lowest BCUT2D eigenvalue weighted by Gasteiger charge is -2.15. The third-order valence-electron chi connectivity index (χ3n) is 7.32. The van der Waals surface area contributed by atoms with E-state index < -0.39 is 5.91 Å². The number of rotatable bonds is 5. The largest absolute Gasteiger partial charge is 0.355 e. The van der Waals surface area contributed by atoms with Crippen molar-refractivity contribution in [1.29, 1.82) is 5.41 Å². The van der Waals surface area contributed by atoms with Gasteiger partial charge < -0.3 is 15.2 Å². The topological polar surface area (TPSA) is 134 Å². The van der Waals surface area contributed by atoms with Crippen molar-refractivity contribution in [2.24, 2.45) is 0 Å². The lowest BCUT2D eigenvalue weighted by Crippen LogP contribution is -2.32. The van der Waals surface area contributed by atoms with E-state index in [9.17, 15) is 14.4 Å². The monoisotopic (exact) mass is 553 g/mol. The molecule has 40 heavy (non-hydrogen) atoms. The van der Waals surface area contributed by atoms with Crippen LogP contribution in [0.1, 0.15) is 55.1 Å². The van der Waals surface area contributed by atoms with Crippen molar-refractivity contribution >= 4 is 44.8 Å². The third-order valence-corrected chi connectivity index (χ3v) is 8.53. The molecule has 0 aromatic carbocycles. The second-order valence-corrected chi connectivity index (χ2v) is 10.9. The summed E-state index contributed by atoms with van der Waals surface area (Å²) in [4.78, 5) is 50.2. The summed E-state index contributed by atoms with van der Waals surface area (Å²) in [5.74, 6) is -0.816. The number of amides is 2. The van der Waals surface area contributed by atoms with Gasteiger partial charge in [0.25, 0.3) is 17.4 Å². The van der Waals surface area contributed by atoms with Crippen LogP contribution in [0, 0.1) is 12.3 Å². The smallest absolute Gasteiger partial charge is 0.267 e. The Kier molecular flexibility index (Phi) is 6.51. The molecule has 0 spiro atoms. The first-order valence-corrected chi connectivity index (χ1v) is 13.9.